The van der Waals surface area contributed by atoms with Gasteiger partial charge in [-0.2, -0.15) is 0 Å². The highest BCUT2D eigenvalue weighted by atomic mass is 16.5. The Kier molecular flexibility index (Phi) is 4.52. The van der Waals surface area contributed by atoms with Crippen LogP contribution in [0.3, 0.4) is 0 Å². The molecule has 1 unspecified atom stereocenters. The fourth-order valence-electron chi connectivity index (χ4n) is 2.38. The first kappa shape index (κ1) is 16.7. The van der Waals surface area contributed by atoms with Crippen LogP contribution in [0.1, 0.15) is 30.6 Å². The second-order valence-corrected chi connectivity index (χ2v) is 5.68. The molecule has 3 aromatic rings. The van der Waals surface area contributed by atoms with E-state index >= 15 is 0 Å². The Labute approximate surface area is 143 Å². The second kappa shape index (κ2) is 6.76. The number of hydrogen-bond donors (Lipinski definition) is 1. The molecular formula is C19H17NO5. The van der Waals surface area contributed by atoms with E-state index in [9.17, 15) is 9.59 Å². The Morgan fingerprint density at radius 1 is 1.32 bits per heavy atom. The lowest BCUT2D eigenvalue weighted by Crippen LogP contribution is -2.11. The average molecular weight is 339 g/mol. The van der Waals surface area contributed by atoms with Crippen molar-refractivity contribution in [3.05, 3.63) is 58.4 Å². The van der Waals surface area contributed by atoms with Crippen molar-refractivity contribution in [3.63, 3.8) is 0 Å². The summed E-state index contributed by atoms with van der Waals surface area (Å²) < 4.78 is 11.6. The average Bonchev–Trinajstić information content (AvgIpc) is 2.61. The smallest absolute Gasteiger partial charge is 0.335 e. The molecule has 0 fully saturated rings. The molecule has 0 aliphatic rings. The van der Waals surface area contributed by atoms with Gasteiger partial charge in [-0.15, -0.1) is 0 Å². The fourth-order valence-corrected chi connectivity index (χ4v) is 2.38. The van der Waals surface area contributed by atoms with Crippen LogP contribution in [-0.2, 0) is 0 Å². The summed E-state index contributed by atoms with van der Waals surface area (Å²) in [5.41, 5.74) is 0.378. The largest absolute Gasteiger partial charge is 0.488 e. The Bertz CT molecular complexity index is 993. The number of aromatic nitrogens is 1. The lowest BCUT2D eigenvalue weighted by Gasteiger charge is -2.15. The quantitative estimate of drug-likeness (QED) is 0.762. The van der Waals surface area contributed by atoms with E-state index in [2.05, 4.69) is 4.98 Å². The number of ether oxygens (including phenoxy) is 1. The van der Waals surface area contributed by atoms with Crippen molar-refractivity contribution < 1.29 is 19.1 Å². The number of aromatic carboxylic acids is 1. The van der Waals surface area contributed by atoms with E-state index in [1.165, 1.54) is 24.3 Å². The summed E-state index contributed by atoms with van der Waals surface area (Å²) in [6.45, 7) is 3.94. The molecule has 0 aliphatic heterocycles. The van der Waals surface area contributed by atoms with Gasteiger partial charge in [-0.25, -0.2) is 9.78 Å². The molecule has 3 rings (SSSR count). The van der Waals surface area contributed by atoms with Crippen molar-refractivity contribution >= 4 is 16.9 Å². The Balaban J connectivity index is 2.16. The number of carbonyl (C=O) groups is 1. The molecule has 0 spiro atoms. The Morgan fingerprint density at radius 2 is 2.12 bits per heavy atom. The number of pyridine rings is 1. The number of hydrogen-bond acceptors (Lipinski definition) is 5. The van der Waals surface area contributed by atoms with Crippen LogP contribution in [0.5, 0.6) is 5.75 Å². The van der Waals surface area contributed by atoms with Gasteiger partial charge in [0.05, 0.1) is 17.1 Å². The van der Waals surface area contributed by atoms with Crippen LogP contribution < -0.4 is 10.2 Å². The third kappa shape index (κ3) is 3.38. The summed E-state index contributed by atoms with van der Waals surface area (Å²) in [6, 6.07) is 8.99. The van der Waals surface area contributed by atoms with Gasteiger partial charge in [0.25, 0.3) is 0 Å². The SMILES string of the molecule is CCC(C)Oc1cccnc1-c1cc(=O)c2ccc(C(=O)O)cc2o1. The predicted octanol–water partition coefficient (Wildman–Crippen LogP) is 3.73. The van der Waals surface area contributed by atoms with E-state index in [0.29, 0.717) is 16.8 Å². The zero-order valence-electron chi connectivity index (χ0n) is 13.9. The van der Waals surface area contributed by atoms with Crippen molar-refractivity contribution in [1.29, 1.82) is 0 Å². The van der Waals surface area contributed by atoms with E-state index in [-0.39, 0.29) is 28.4 Å². The normalized spacial score (nSPS) is 12.1. The maximum absolute atomic E-state index is 12.4. The molecule has 0 saturated carbocycles. The van der Waals surface area contributed by atoms with E-state index in [1.54, 1.807) is 18.3 Å². The molecule has 0 amide bonds. The number of carboxylic acids is 1. The van der Waals surface area contributed by atoms with Gasteiger partial charge in [-0.05, 0) is 43.7 Å². The topological polar surface area (TPSA) is 89.6 Å². The first-order valence-electron chi connectivity index (χ1n) is 7.93. The Morgan fingerprint density at radius 3 is 2.84 bits per heavy atom. The standard InChI is InChI=1S/C19H17NO5/c1-3-11(2)24-15-5-4-8-20-18(15)17-10-14(21)13-7-6-12(19(22)23)9-16(13)25-17/h4-11H,3H2,1-2H3,(H,22,23). The minimum absolute atomic E-state index is 0.0197. The first-order chi connectivity index (χ1) is 12.0. The molecule has 1 atom stereocenters. The van der Waals surface area contributed by atoms with Crippen LogP contribution in [-0.4, -0.2) is 22.2 Å². The van der Waals surface area contributed by atoms with E-state index < -0.39 is 5.97 Å². The summed E-state index contributed by atoms with van der Waals surface area (Å²) in [7, 11) is 0. The van der Waals surface area contributed by atoms with Gasteiger partial charge in [-0.1, -0.05) is 6.92 Å². The lowest BCUT2D eigenvalue weighted by atomic mass is 10.1. The van der Waals surface area contributed by atoms with Crippen molar-refractivity contribution in [1.82, 2.24) is 4.98 Å². The zero-order chi connectivity index (χ0) is 18.0. The molecule has 1 N–H and O–H groups in total. The number of fused-ring (bicyclic) bond motifs is 1. The molecular weight excluding hydrogens is 322 g/mol. The van der Waals surface area contributed by atoms with Gasteiger partial charge in [0.2, 0.25) is 0 Å². The van der Waals surface area contributed by atoms with Crippen LogP contribution in [0.15, 0.2) is 51.8 Å². The molecule has 25 heavy (non-hydrogen) atoms. The van der Waals surface area contributed by atoms with Crippen LogP contribution in [0, 0.1) is 0 Å². The third-order valence-electron chi connectivity index (χ3n) is 3.88. The minimum atomic E-state index is -1.09. The summed E-state index contributed by atoms with van der Waals surface area (Å²) in [6.07, 6.45) is 2.38. The molecule has 128 valence electrons. The summed E-state index contributed by atoms with van der Waals surface area (Å²) in [5, 5.41) is 9.43. The predicted molar refractivity (Wildman–Crippen MR) is 93.1 cm³/mol. The van der Waals surface area contributed by atoms with Gasteiger partial charge in [0.1, 0.15) is 17.0 Å². The molecule has 0 aliphatic carbocycles. The van der Waals surface area contributed by atoms with E-state index in [1.807, 2.05) is 13.8 Å². The molecule has 0 bridgehead atoms. The molecule has 0 saturated heterocycles. The van der Waals surface area contributed by atoms with Crippen molar-refractivity contribution in [2.75, 3.05) is 0 Å². The maximum Gasteiger partial charge on any atom is 0.335 e. The summed E-state index contributed by atoms with van der Waals surface area (Å²) >= 11 is 0. The molecule has 2 heterocycles. The van der Waals surface area contributed by atoms with Crippen molar-refractivity contribution in [3.8, 4) is 17.2 Å². The van der Waals surface area contributed by atoms with Crippen LogP contribution in [0.2, 0.25) is 0 Å². The number of rotatable bonds is 5. The number of nitrogens with zero attached hydrogens (tertiary/aromatic N) is 1. The fraction of sp³-hybridized carbons (Fsp3) is 0.211. The molecule has 6 heteroatoms. The lowest BCUT2D eigenvalue weighted by molar-refractivity contribution is 0.0697. The monoisotopic (exact) mass is 339 g/mol. The zero-order valence-corrected chi connectivity index (χ0v) is 13.9. The highest BCUT2D eigenvalue weighted by molar-refractivity contribution is 5.92. The highest BCUT2D eigenvalue weighted by Crippen LogP contribution is 2.29. The Hall–Kier alpha value is -3.15. The minimum Gasteiger partial charge on any atom is -0.488 e. The van der Waals surface area contributed by atoms with Crippen molar-refractivity contribution in [2.24, 2.45) is 0 Å². The van der Waals surface area contributed by atoms with E-state index in [0.717, 1.165) is 6.42 Å². The molecule has 1 aromatic carbocycles. The van der Waals surface area contributed by atoms with Gasteiger partial charge < -0.3 is 14.3 Å². The molecule has 0 radical (unpaired) electrons. The van der Waals surface area contributed by atoms with Crippen molar-refractivity contribution in [2.45, 2.75) is 26.4 Å². The number of carboxylic acid groups (broad SMARTS) is 1. The van der Waals surface area contributed by atoms with E-state index in [4.69, 9.17) is 14.3 Å². The van der Waals surface area contributed by atoms with Gasteiger partial charge in [-0.3, -0.25) is 4.79 Å². The van der Waals surface area contributed by atoms with Gasteiger partial charge in [0, 0.05) is 12.3 Å². The second-order valence-electron chi connectivity index (χ2n) is 5.68. The van der Waals surface area contributed by atoms with Crippen LogP contribution in [0.25, 0.3) is 22.4 Å². The number of benzene rings is 1. The van der Waals surface area contributed by atoms with Gasteiger partial charge >= 0.3 is 5.97 Å². The molecule has 6 nitrogen and oxygen atoms in total. The van der Waals surface area contributed by atoms with Crippen LogP contribution >= 0.6 is 0 Å². The molecule has 2 aromatic heterocycles. The third-order valence-corrected chi connectivity index (χ3v) is 3.88. The first-order valence-corrected chi connectivity index (χ1v) is 7.93. The maximum atomic E-state index is 12.4. The van der Waals surface area contributed by atoms with Gasteiger partial charge in [0.15, 0.2) is 11.2 Å². The van der Waals surface area contributed by atoms with Crippen LogP contribution in [0.4, 0.5) is 0 Å². The summed E-state index contributed by atoms with van der Waals surface area (Å²) in [5.74, 6) is -0.346. The summed E-state index contributed by atoms with van der Waals surface area (Å²) in [4.78, 5) is 27.8. The highest BCUT2D eigenvalue weighted by Gasteiger charge is 2.15.